The first-order valence-electron chi connectivity index (χ1n) is 11.5. The van der Waals surface area contributed by atoms with Crippen molar-refractivity contribution in [2.45, 2.75) is 40.2 Å². The topological polar surface area (TPSA) is 87.0 Å². The van der Waals surface area contributed by atoms with E-state index in [0.717, 1.165) is 33.9 Å². The Kier molecular flexibility index (Phi) is 7.41. The molecule has 0 N–H and O–H groups in total. The predicted octanol–water partition coefficient (Wildman–Crippen LogP) is 5.72. The molecule has 4 aromatic rings. The molecule has 0 fully saturated rings. The Labute approximate surface area is 206 Å². The van der Waals surface area contributed by atoms with Crippen molar-refractivity contribution in [1.29, 1.82) is 0 Å². The summed E-state index contributed by atoms with van der Waals surface area (Å²) in [5.41, 5.74) is 3.86. The molecule has 2 aromatic carbocycles. The number of aromatic nitrogens is 1. The molecule has 0 aliphatic heterocycles. The molecule has 0 saturated heterocycles. The molecule has 2 heterocycles. The molecule has 8 heteroatoms. The maximum Gasteiger partial charge on any atom is 0.331 e. The summed E-state index contributed by atoms with van der Waals surface area (Å²) in [5.74, 6) is -0.899. The van der Waals surface area contributed by atoms with E-state index in [1.807, 2.05) is 53.9 Å². The number of nitrogens with zero attached hydrogens (tertiary/aromatic N) is 2. The van der Waals surface area contributed by atoms with Gasteiger partial charge in [0.15, 0.2) is 0 Å². The van der Waals surface area contributed by atoms with Crippen molar-refractivity contribution >= 4 is 56.6 Å². The van der Waals surface area contributed by atoms with E-state index in [1.165, 1.54) is 18.3 Å². The number of aryl methyl sites for hydroxylation is 1. The predicted molar refractivity (Wildman–Crippen MR) is 137 cm³/mol. The van der Waals surface area contributed by atoms with E-state index in [1.54, 1.807) is 6.92 Å². The summed E-state index contributed by atoms with van der Waals surface area (Å²) in [6, 6.07) is 15.3. The van der Waals surface area contributed by atoms with Gasteiger partial charge in [0.25, 0.3) is 0 Å². The van der Waals surface area contributed by atoms with E-state index in [-0.39, 0.29) is 24.6 Å². The molecule has 7 nitrogen and oxygen atoms in total. The van der Waals surface area contributed by atoms with Gasteiger partial charge in [0.1, 0.15) is 0 Å². The number of rotatable bonds is 9. The standard InChI is InChI=1S/C27H26N2O5S/c1-4-29-23-11-8-18(22(28-34-17(3)30)10-13-26(31)33-5-2)15-20(23)21-16-19(9-12-24(21)29)27(32)25-7-6-14-35-25/h6-9,11-12,14-16H,4-5,10,13H2,1-3H3. The molecule has 4 rings (SSSR count). The zero-order chi connectivity index (χ0) is 24.9. The molecule has 0 unspecified atom stereocenters. The van der Waals surface area contributed by atoms with Crippen LogP contribution in [0.5, 0.6) is 0 Å². The van der Waals surface area contributed by atoms with Crippen LogP contribution in [0.1, 0.15) is 54.4 Å². The quantitative estimate of drug-likeness (QED) is 0.0985. The highest BCUT2D eigenvalue weighted by molar-refractivity contribution is 7.12. The summed E-state index contributed by atoms with van der Waals surface area (Å²) in [6.07, 6.45) is 0.369. The molecule has 0 saturated carbocycles. The lowest BCUT2D eigenvalue weighted by Gasteiger charge is -2.08. The zero-order valence-electron chi connectivity index (χ0n) is 19.9. The summed E-state index contributed by atoms with van der Waals surface area (Å²) in [6.45, 7) is 6.15. The fourth-order valence-corrected chi connectivity index (χ4v) is 4.82. The van der Waals surface area contributed by atoms with Crippen LogP contribution in [-0.2, 0) is 25.7 Å². The van der Waals surface area contributed by atoms with Gasteiger partial charge in [-0.3, -0.25) is 9.59 Å². The van der Waals surface area contributed by atoms with Crippen LogP contribution < -0.4 is 0 Å². The Morgan fingerprint density at radius 2 is 1.63 bits per heavy atom. The normalized spacial score (nSPS) is 11.7. The number of thiophene rings is 1. The maximum absolute atomic E-state index is 13.0. The Balaban J connectivity index is 1.81. The third-order valence-corrected chi connectivity index (χ3v) is 6.55. The van der Waals surface area contributed by atoms with Gasteiger partial charge in [-0.1, -0.05) is 17.3 Å². The monoisotopic (exact) mass is 490 g/mol. The summed E-state index contributed by atoms with van der Waals surface area (Å²) >= 11 is 1.42. The molecule has 2 aromatic heterocycles. The van der Waals surface area contributed by atoms with Crippen molar-refractivity contribution in [2.24, 2.45) is 5.16 Å². The highest BCUT2D eigenvalue weighted by Crippen LogP contribution is 2.32. The minimum absolute atomic E-state index is 0.0120. The highest BCUT2D eigenvalue weighted by Gasteiger charge is 2.17. The van der Waals surface area contributed by atoms with Crippen LogP contribution in [-0.4, -0.2) is 34.6 Å². The summed E-state index contributed by atoms with van der Waals surface area (Å²) in [4.78, 5) is 41.9. The van der Waals surface area contributed by atoms with Gasteiger partial charge in [-0.05, 0) is 55.6 Å². The molecule has 0 amide bonds. The molecule has 0 radical (unpaired) electrons. The van der Waals surface area contributed by atoms with Crippen LogP contribution in [0.3, 0.4) is 0 Å². The zero-order valence-corrected chi connectivity index (χ0v) is 20.7. The van der Waals surface area contributed by atoms with Crippen molar-refractivity contribution in [2.75, 3.05) is 6.61 Å². The second kappa shape index (κ2) is 10.7. The molecule has 0 atom stereocenters. The first-order chi connectivity index (χ1) is 16.9. The number of ether oxygens (including phenoxy) is 1. The van der Waals surface area contributed by atoms with E-state index in [9.17, 15) is 14.4 Å². The number of ketones is 1. The first kappa shape index (κ1) is 24.3. The third-order valence-electron chi connectivity index (χ3n) is 5.68. The van der Waals surface area contributed by atoms with Gasteiger partial charge in [0.05, 0.1) is 23.6 Å². The van der Waals surface area contributed by atoms with Gasteiger partial charge in [0.2, 0.25) is 5.78 Å². The third kappa shape index (κ3) is 5.17. The van der Waals surface area contributed by atoms with Crippen LogP contribution in [0.4, 0.5) is 0 Å². The second-order valence-electron chi connectivity index (χ2n) is 7.94. The SMILES string of the molecule is CCOC(=O)CCC(=NOC(C)=O)c1ccc2c(c1)c1cc(C(=O)c3cccs3)ccc1n2CC. The average Bonchev–Trinajstić information content (AvgIpc) is 3.49. The fraction of sp³-hybridized carbons (Fsp3) is 0.259. The molecule has 35 heavy (non-hydrogen) atoms. The Morgan fingerprint density at radius 3 is 2.23 bits per heavy atom. The lowest BCUT2D eigenvalue weighted by molar-refractivity contribution is -0.143. The number of benzene rings is 2. The van der Waals surface area contributed by atoms with Gasteiger partial charge in [-0.2, -0.15) is 0 Å². The number of oxime groups is 1. The van der Waals surface area contributed by atoms with E-state index in [2.05, 4.69) is 16.6 Å². The van der Waals surface area contributed by atoms with Gasteiger partial charge in [-0.15, -0.1) is 11.3 Å². The largest absolute Gasteiger partial charge is 0.466 e. The van der Waals surface area contributed by atoms with Crippen molar-refractivity contribution in [3.63, 3.8) is 0 Å². The number of carbonyl (C=O) groups is 3. The smallest absolute Gasteiger partial charge is 0.331 e. The number of carbonyl (C=O) groups excluding carboxylic acids is 3. The van der Waals surface area contributed by atoms with Crippen LogP contribution in [0.15, 0.2) is 59.1 Å². The lowest BCUT2D eigenvalue weighted by Crippen LogP contribution is -2.10. The maximum atomic E-state index is 13.0. The molecule has 0 bridgehead atoms. The fourth-order valence-electron chi connectivity index (χ4n) is 4.13. The van der Waals surface area contributed by atoms with Crippen LogP contribution >= 0.6 is 11.3 Å². The van der Waals surface area contributed by atoms with E-state index in [0.29, 0.717) is 22.8 Å². The van der Waals surface area contributed by atoms with E-state index >= 15 is 0 Å². The number of esters is 1. The molecular formula is C27H26N2O5S. The molecule has 0 aliphatic carbocycles. The van der Waals surface area contributed by atoms with E-state index in [4.69, 9.17) is 9.57 Å². The number of hydrogen-bond acceptors (Lipinski definition) is 7. The van der Waals surface area contributed by atoms with E-state index < -0.39 is 5.97 Å². The minimum Gasteiger partial charge on any atom is -0.466 e. The Morgan fingerprint density at radius 1 is 0.943 bits per heavy atom. The first-order valence-corrected chi connectivity index (χ1v) is 12.4. The van der Waals surface area contributed by atoms with Crippen molar-refractivity contribution in [3.05, 3.63) is 69.9 Å². The summed E-state index contributed by atoms with van der Waals surface area (Å²) < 4.78 is 7.22. The molecule has 180 valence electrons. The van der Waals surface area contributed by atoms with Crippen LogP contribution in [0.2, 0.25) is 0 Å². The number of fused-ring (bicyclic) bond motifs is 3. The summed E-state index contributed by atoms with van der Waals surface area (Å²) in [5, 5.41) is 7.81. The van der Waals surface area contributed by atoms with Gasteiger partial charge >= 0.3 is 11.9 Å². The summed E-state index contributed by atoms with van der Waals surface area (Å²) in [7, 11) is 0. The lowest BCUT2D eigenvalue weighted by atomic mass is 10.0. The van der Waals surface area contributed by atoms with Crippen molar-refractivity contribution < 1.29 is 24.0 Å². The van der Waals surface area contributed by atoms with Gasteiger partial charge in [-0.25, -0.2) is 4.79 Å². The van der Waals surface area contributed by atoms with Crippen LogP contribution in [0, 0.1) is 0 Å². The van der Waals surface area contributed by atoms with Crippen LogP contribution in [0.25, 0.3) is 21.8 Å². The second-order valence-corrected chi connectivity index (χ2v) is 8.89. The molecule has 0 aliphatic rings. The average molecular weight is 491 g/mol. The molecular weight excluding hydrogens is 464 g/mol. The van der Waals surface area contributed by atoms with Crippen molar-refractivity contribution in [1.82, 2.24) is 4.57 Å². The minimum atomic E-state index is -0.543. The Hall–Kier alpha value is -3.78. The number of hydrogen-bond donors (Lipinski definition) is 0. The molecule has 0 spiro atoms. The Bertz CT molecular complexity index is 1430. The van der Waals surface area contributed by atoms with Gasteiger partial charge in [0, 0.05) is 52.8 Å². The van der Waals surface area contributed by atoms with Gasteiger partial charge < -0.3 is 14.1 Å². The van der Waals surface area contributed by atoms with Crippen molar-refractivity contribution in [3.8, 4) is 0 Å². The highest BCUT2D eigenvalue weighted by atomic mass is 32.1.